The van der Waals surface area contributed by atoms with Crippen molar-refractivity contribution in [1.82, 2.24) is 0 Å². The van der Waals surface area contributed by atoms with Gasteiger partial charge in [0.05, 0.1) is 13.7 Å². The third-order valence-corrected chi connectivity index (χ3v) is 1.28. The van der Waals surface area contributed by atoms with Crippen molar-refractivity contribution >= 4 is 5.97 Å². The summed E-state index contributed by atoms with van der Waals surface area (Å²) in [4.78, 5) is 10.5. The van der Waals surface area contributed by atoms with Crippen LogP contribution in [0.2, 0.25) is 0 Å². The summed E-state index contributed by atoms with van der Waals surface area (Å²) in [5.41, 5.74) is 0. The number of methoxy groups -OCH3 is 1. The number of rotatable bonds is 6. The summed E-state index contributed by atoms with van der Waals surface area (Å²) in [7, 11) is 1.35. The summed E-state index contributed by atoms with van der Waals surface area (Å²) in [5, 5.41) is 0. The zero-order chi connectivity index (χ0) is 9.23. The van der Waals surface area contributed by atoms with E-state index in [1.165, 1.54) is 7.11 Å². The number of esters is 1. The molecule has 0 fully saturated rings. The molecule has 0 aromatic rings. The van der Waals surface area contributed by atoms with Gasteiger partial charge in [0.25, 0.3) is 0 Å². The van der Waals surface area contributed by atoms with Gasteiger partial charge >= 0.3 is 5.97 Å². The third-order valence-electron chi connectivity index (χ3n) is 1.28. The Morgan fingerprint density at radius 2 is 2.17 bits per heavy atom. The number of carbonyl (C=O) groups is 1. The molecule has 0 N–H and O–H groups in total. The molecule has 0 bridgehead atoms. The van der Waals surface area contributed by atoms with Gasteiger partial charge in [0.2, 0.25) is 0 Å². The molecule has 3 nitrogen and oxygen atoms in total. The summed E-state index contributed by atoms with van der Waals surface area (Å²) >= 11 is 0. The van der Waals surface area contributed by atoms with Gasteiger partial charge in [-0.3, -0.25) is 0 Å². The number of hydrogen-bond donors (Lipinski definition) is 0. The maximum absolute atomic E-state index is 10.5. The van der Waals surface area contributed by atoms with Crippen molar-refractivity contribution in [2.75, 3.05) is 20.3 Å². The highest BCUT2D eigenvalue weighted by molar-refractivity contribution is 5.70. The van der Waals surface area contributed by atoms with Crippen LogP contribution in [0.25, 0.3) is 0 Å². The molecule has 0 amide bonds. The van der Waals surface area contributed by atoms with Crippen LogP contribution in [0.3, 0.4) is 0 Å². The van der Waals surface area contributed by atoms with Crippen molar-refractivity contribution in [2.45, 2.75) is 19.8 Å². The maximum Gasteiger partial charge on any atom is 0.331 e. The van der Waals surface area contributed by atoms with E-state index in [1.807, 2.05) is 12.2 Å². The largest absolute Gasteiger partial charge is 0.467 e. The number of ether oxygens (including phenoxy) is 2. The molecular weight excluding hydrogens is 156 g/mol. The first kappa shape index (κ1) is 11.2. The minimum Gasteiger partial charge on any atom is -0.467 e. The number of allylic oxidation sites excluding steroid dienone is 1. The van der Waals surface area contributed by atoms with Crippen molar-refractivity contribution in [2.24, 2.45) is 0 Å². The molecule has 12 heavy (non-hydrogen) atoms. The highest BCUT2D eigenvalue weighted by atomic mass is 16.6. The first-order valence-electron chi connectivity index (χ1n) is 4.10. The van der Waals surface area contributed by atoms with Crippen molar-refractivity contribution < 1.29 is 14.3 Å². The van der Waals surface area contributed by atoms with Crippen molar-refractivity contribution in [3.8, 4) is 0 Å². The average molecular weight is 172 g/mol. The van der Waals surface area contributed by atoms with Gasteiger partial charge in [0.15, 0.2) is 0 Å². The fourth-order valence-electron chi connectivity index (χ4n) is 0.622. The van der Waals surface area contributed by atoms with Crippen LogP contribution in [-0.4, -0.2) is 26.3 Å². The molecule has 0 saturated carbocycles. The van der Waals surface area contributed by atoms with E-state index in [0.29, 0.717) is 6.61 Å². The number of carbonyl (C=O) groups excluding carboxylic acids is 1. The summed E-state index contributed by atoms with van der Waals surface area (Å²) < 4.78 is 9.36. The van der Waals surface area contributed by atoms with Gasteiger partial charge in [-0.05, 0) is 6.42 Å². The zero-order valence-electron chi connectivity index (χ0n) is 7.71. The van der Waals surface area contributed by atoms with Gasteiger partial charge in [-0.2, -0.15) is 0 Å². The highest BCUT2D eigenvalue weighted by Gasteiger charge is 1.96. The smallest absolute Gasteiger partial charge is 0.331 e. The molecule has 0 aliphatic heterocycles. The van der Waals surface area contributed by atoms with Gasteiger partial charge in [0, 0.05) is 0 Å². The lowest BCUT2D eigenvalue weighted by Gasteiger charge is -1.97. The Balaban J connectivity index is 3.15. The molecule has 0 rings (SSSR count). The summed E-state index contributed by atoms with van der Waals surface area (Å²) in [6.07, 6.45) is 6.14. The maximum atomic E-state index is 10.5. The third kappa shape index (κ3) is 7.28. The van der Waals surface area contributed by atoms with Gasteiger partial charge in [-0.15, -0.1) is 0 Å². The zero-order valence-corrected chi connectivity index (χ0v) is 7.71. The molecule has 0 heterocycles. The van der Waals surface area contributed by atoms with E-state index < -0.39 is 0 Å². The predicted molar refractivity (Wildman–Crippen MR) is 46.9 cm³/mol. The summed E-state index contributed by atoms with van der Waals surface area (Å²) in [6.45, 7) is 2.63. The van der Waals surface area contributed by atoms with E-state index in [0.717, 1.165) is 12.8 Å². The van der Waals surface area contributed by atoms with Crippen molar-refractivity contribution in [3.63, 3.8) is 0 Å². The van der Waals surface area contributed by atoms with E-state index in [1.54, 1.807) is 0 Å². The molecule has 0 aliphatic rings. The van der Waals surface area contributed by atoms with E-state index in [2.05, 4.69) is 11.7 Å². The Morgan fingerprint density at radius 3 is 2.75 bits per heavy atom. The van der Waals surface area contributed by atoms with Crippen LogP contribution >= 0.6 is 0 Å². The van der Waals surface area contributed by atoms with Crippen LogP contribution in [0.15, 0.2) is 12.2 Å². The number of unbranched alkanes of at least 4 members (excludes halogenated alkanes) is 1. The van der Waals surface area contributed by atoms with Gasteiger partial charge < -0.3 is 9.47 Å². The fourth-order valence-corrected chi connectivity index (χ4v) is 0.622. The first-order valence-corrected chi connectivity index (χ1v) is 4.10. The lowest BCUT2D eigenvalue weighted by atomic mass is 10.3. The predicted octanol–water partition coefficient (Wildman–Crippen LogP) is 1.53. The molecule has 0 unspecified atom stereocenters. The molecule has 0 radical (unpaired) electrons. The normalized spacial score (nSPS) is 10.5. The standard InChI is InChI=1S/C9H16O3/c1-3-4-5-6-7-12-8-9(10)11-2/h5-6H,3-4,7-8H2,1-2H3/b6-5-. The molecule has 0 aromatic heterocycles. The minimum absolute atomic E-state index is 0.0347. The minimum atomic E-state index is -0.334. The Kier molecular flexibility index (Phi) is 7.70. The second-order valence-electron chi connectivity index (χ2n) is 2.35. The highest BCUT2D eigenvalue weighted by Crippen LogP contribution is 1.88. The lowest BCUT2D eigenvalue weighted by Crippen LogP contribution is -2.09. The Morgan fingerprint density at radius 1 is 1.42 bits per heavy atom. The second kappa shape index (κ2) is 8.27. The molecule has 0 saturated heterocycles. The molecule has 0 spiro atoms. The molecule has 3 heteroatoms. The van der Waals surface area contributed by atoms with Crippen LogP contribution in [-0.2, 0) is 14.3 Å². The van der Waals surface area contributed by atoms with Crippen LogP contribution < -0.4 is 0 Å². The molecule has 0 aromatic carbocycles. The van der Waals surface area contributed by atoms with E-state index in [9.17, 15) is 4.79 Å². The molecule has 0 aliphatic carbocycles. The second-order valence-corrected chi connectivity index (χ2v) is 2.35. The average Bonchev–Trinajstić information content (AvgIpc) is 2.10. The Hall–Kier alpha value is -0.830. The summed E-state index contributed by atoms with van der Waals surface area (Å²) in [6, 6.07) is 0. The SMILES string of the molecule is CCC/C=C\COCC(=O)OC. The van der Waals surface area contributed by atoms with Crippen LogP contribution in [0.5, 0.6) is 0 Å². The van der Waals surface area contributed by atoms with Crippen molar-refractivity contribution in [1.29, 1.82) is 0 Å². The van der Waals surface area contributed by atoms with E-state index in [4.69, 9.17) is 4.74 Å². The topological polar surface area (TPSA) is 35.5 Å². The Labute approximate surface area is 73.4 Å². The summed E-state index contributed by atoms with van der Waals surface area (Å²) in [5.74, 6) is -0.334. The van der Waals surface area contributed by atoms with E-state index in [-0.39, 0.29) is 12.6 Å². The van der Waals surface area contributed by atoms with Crippen molar-refractivity contribution in [3.05, 3.63) is 12.2 Å². The van der Waals surface area contributed by atoms with Crippen LogP contribution in [0.1, 0.15) is 19.8 Å². The van der Waals surface area contributed by atoms with Crippen LogP contribution in [0.4, 0.5) is 0 Å². The molecule has 0 atom stereocenters. The quantitative estimate of drug-likeness (QED) is 0.346. The first-order chi connectivity index (χ1) is 5.81. The lowest BCUT2D eigenvalue weighted by molar-refractivity contribution is -0.145. The number of hydrogen-bond acceptors (Lipinski definition) is 3. The van der Waals surface area contributed by atoms with Gasteiger partial charge in [-0.1, -0.05) is 25.5 Å². The molecular formula is C9H16O3. The monoisotopic (exact) mass is 172 g/mol. The Bertz CT molecular complexity index is 141. The fraction of sp³-hybridized carbons (Fsp3) is 0.667. The van der Waals surface area contributed by atoms with Gasteiger partial charge in [0.1, 0.15) is 6.61 Å². The molecule has 70 valence electrons. The van der Waals surface area contributed by atoms with Crippen LogP contribution in [0, 0.1) is 0 Å². The van der Waals surface area contributed by atoms with E-state index >= 15 is 0 Å². The van der Waals surface area contributed by atoms with Gasteiger partial charge in [-0.25, -0.2) is 4.79 Å².